The van der Waals surface area contributed by atoms with Crippen molar-refractivity contribution in [2.75, 3.05) is 18.8 Å². The predicted molar refractivity (Wildman–Crippen MR) is 102 cm³/mol. The lowest BCUT2D eigenvalue weighted by atomic mass is 10.1. The third kappa shape index (κ3) is 5.37. The molecule has 0 N–H and O–H groups in total. The first-order valence-electron chi connectivity index (χ1n) is 9.32. The lowest BCUT2D eigenvalue weighted by Crippen LogP contribution is -2.25. The summed E-state index contributed by atoms with van der Waals surface area (Å²) in [5, 5.41) is 0.767. The maximum Gasteiger partial charge on any atom is 0.416 e. The average Bonchev–Trinajstić information content (AvgIpc) is 3.04. The average molecular weight is 396 g/mol. The van der Waals surface area contributed by atoms with Gasteiger partial charge in [0.1, 0.15) is 0 Å². The number of aromatic nitrogens is 1. The van der Waals surface area contributed by atoms with Gasteiger partial charge in [-0.25, -0.2) is 0 Å². The fraction of sp³-hybridized carbons (Fsp3) is 0.500. The monoisotopic (exact) mass is 396 g/mol. The molecule has 0 radical (unpaired) electrons. The van der Waals surface area contributed by atoms with E-state index in [1.54, 1.807) is 18.0 Å². The summed E-state index contributed by atoms with van der Waals surface area (Å²) in [6, 6.07) is 5.60. The Kier molecular flexibility index (Phi) is 6.63. The fourth-order valence-corrected chi connectivity index (χ4v) is 4.36. The lowest BCUT2D eigenvalue weighted by molar-refractivity contribution is -0.137. The first-order chi connectivity index (χ1) is 12.9. The number of hydrogen-bond donors (Lipinski definition) is 0. The van der Waals surface area contributed by atoms with Crippen molar-refractivity contribution < 1.29 is 18.0 Å². The van der Waals surface area contributed by atoms with Crippen LogP contribution >= 0.6 is 11.8 Å². The highest BCUT2D eigenvalue weighted by atomic mass is 32.2. The molecule has 1 amide bonds. The van der Waals surface area contributed by atoms with E-state index in [9.17, 15) is 18.0 Å². The highest BCUT2D eigenvalue weighted by Crippen LogP contribution is 2.33. The van der Waals surface area contributed by atoms with Crippen LogP contribution in [0.15, 0.2) is 35.4 Å². The molecule has 0 spiro atoms. The van der Waals surface area contributed by atoms with Crippen LogP contribution in [-0.4, -0.2) is 34.6 Å². The minimum Gasteiger partial charge on any atom is -0.343 e. The number of benzene rings is 1. The summed E-state index contributed by atoms with van der Waals surface area (Å²) in [5.41, 5.74) is -0.286. The van der Waals surface area contributed by atoms with Crippen LogP contribution in [0.5, 0.6) is 0 Å². The first-order valence-corrected chi connectivity index (χ1v) is 10.3. The third-order valence-electron chi connectivity index (χ3n) is 4.78. The standard InChI is InChI=1S/C20H23F3N2OS/c21-20(22,23)15-7-8-16-17(14-15)24-10-9-18(16)27-13-4-2-1-3-11-25-12-5-6-19(25)26/h7-10,14H,1-6,11-13H2. The molecule has 1 fully saturated rings. The van der Waals surface area contributed by atoms with E-state index < -0.39 is 11.7 Å². The number of amides is 1. The number of carbonyl (C=O) groups is 1. The number of hydrogen-bond acceptors (Lipinski definition) is 3. The molecule has 1 aromatic heterocycles. The van der Waals surface area contributed by atoms with Crippen LogP contribution in [0.25, 0.3) is 10.9 Å². The summed E-state index contributed by atoms with van der Waals surface area (Å²) in [5.74, 6) is 1.20. The number of halogens is 3. The van der Waals surface area contributed by atoms with Crippen LogP contribution in [-0.2, 0) is 11.0 Å². The van der Waals surface area contributed by atoms with Gasteiger partial charge in [-0.05, 0) is 43.2 Å². The van der Waals surface area contributed by atoms with E-state index in [2.05, 4.69) is 4.98 Å². The van der Waals surface area contributed by atoms with Crippen LogP contribution in [0.3, 0.4) is 0 Å². The number of nitrogens with zero attached hydrogens (tertiary/aromatic N) is 2. The number of rotatable bonds is 8. The second-order valence-corrected chi connectivity index (χ2v) is 7.92. The zero-order valence-corrected chi connectivity index (χ0v) is 15.9. The van der Waals surface area contributed by atoms with Crippen molar-refractivity contribution >= 4 is 28.6 Å². The lowest BCUT2D eigenvalue weighted by Gasteiger charge is -2.14. The van der Waals surface area contributed by atoms with E-state index in [1.165, 1.54) is 6.07 Å². The van der Waals surface area contributed by atoms with Gasteiger partial charge in [0.2, 0.25) is 5.91 Å². The second-order valence-electron chi connectivity index (χ2n) is 6.79. The zero-order chi connectivity index (χ0) is 19.3. The quantitative estimate of drug-likeness (QED) is 0.435. The minimum absolute atomic E-state index is 0.281. The van der Waals surface area contributed by atoms with Crippen LogP contribution in [0.4, 0.5) is 13.2 Å². The molecule has 3 rings (SSSR count). The van der Waals surface area contributed by atoms with E-state index in [1.807, 2.05) is 11.0 Å². The van der Waals surface area contributed by atoms with E-state index in [0.717, 1.165) is 73.4 Å². The van der Waals surface area contributed by atoms with Gasteiger partial charge in [-0.15, -0.1) is 11.8 Å². The molecule has 1 aliphatic rings. The summed E-state index contributed by atoms with van der Waals surface area (Å²) in [7, 11) is 0. The predicted octanol–water partition coefficient (Wildman–Crippen LogP) is 5.53. The molecule has 1 aromatic carbocycles. The Morgan fingerprint density at radius 2 is 1.93 bits per heavy atom. The largest absolute Gasteiger partial charge is 0.416 e. The van der Waals surface area contributed by atoms with Gasteiger partial charge in [0.05, 0.1) is 11.1 Å². The number of thioether (sulfide) groups is 1. The molecule has 146 valence electrons. The van der Waals surface area contributed by atoms with Crippen LogP contribution in [0.1, 0.15) is 44.1 Å². The molecule has 2 heterocycles. The third-order valence-corrected chi connectivity index (χ3v) is 5.94. The normalized spacial score (nSPS) is 15.1. The number of pyridine rings is 1. The Hall–Kier alpha value is -1.76. The molecular formula is C20H23F3N2OS. The molecular weight excluding hydrogens is 373 g/mol. The van der Waals surface area contributed by atoms with Gasteiger partial charge in [-0.2, -0.15) is 13.2 Å². The van der Waals surface area contributed by atoms with Gasteiger partial charge in [0.15, 0.2) is 0 Å². The Bertz CT molecular complexity index is 794. The van der Waals surface area contributed by atoms with Crippen LogP contribution < -0.4 is 0 Å². The van der Waals surface area contributed by atoms with Gasteiger partial charge in [-0.3, -0.25) is 9.78 Å². The first kappa shape index (κ1) is 20.0. The van der Waals surface area contributed by atoms with E-state index in [4.69, 9.17) is 0 Å². The Labute approximate surface area is 161 Å². The van der Waals surface area contributed by atoms with Crippen molar-refractivity contribution in [2.45, 2.75) is 49.6 Å². The van der Waals surface area contributed by atoms with Crippen molar-refractivity contribution in [3.63, 3.8) is 0 Å². The number of alkyl halides is 3. The highest BCUT2D eigenvalue weighted by molar-refractivity contribution is 7.99. The molecule has 0 saturated carbocycles. The SMILES string of the molecule is O=C1CCCN1CCCCCCSc1ccnc2cc(C(F)(F)F)ccc12. The summed E-state index contributed by atoms with van der Waals surface area (Å²) in [6.07, 6.45) is 3.17. The van der Waals surface area contributed by atoms with Gasteiger partial charge < -0.3 is 4.90 Å². The van der Waals surface area contributed by atoms with Crippen LogP contribution in [0.2, 0.25) is 0 Å². The minimum atomic E-state index is -4.35. The van der Waals surface area contributed by atoms with Crippen molar-refractivity contribution in [3.8, 4) is 0 Å². The van der Waals surface area contributed by atoms with Gasteiger partial charge >= 0.3 is 6.18 Å². The molecule has 27 heavy (non-hydrogen) atoms. The number of likely N-dealkylation sites (tertiary alicyclic amines) is 1. The van der Waals surface area contributed by atoms with E-state index in [-0.39, 0.29) is 5.91 Å². The molecule has 7 heteroatoms. The maximum atomic E-state index is 12.8. The Morgan fingerprint density at radius 3 is 2.67 bits per heavy atom. The topological polar surface area (TPSA) is 33.2 Å². The molecule has 1 aliphatic heterocycles. The smallest absolute Gasteiger partial charge is 0.343 e. The molecule has 0 bridgehead atoms. The molecule has 2 aromatic rings. The van der Waals surface area contributed by atoms with Gasteiger partial charge in [-0.1, -0.05) is 18.9 Å². The van der Waals surface area contributed by atoms with E-state index in [0.29, 0.717) is 11.9 Å². The van der Waals surface area contributed by atoms with Crippen molar-refractivity contribution in [1.29, 1.82) is 0 Å². The Morgan fingerprint density at radius 1 is 1.11 bits per heavy atom. The summed E-state index contributed by atoms with van der Waals surface area (Å²) in [6.45, 7) is 1.77. The van der Waals surface area contributed by atoms with Gasteiger partial charge in [0, 0.05) is 36.0 Å². The molecule has 3 nitrogen and oxygen atoms in total. The zero-order valence-electron chi connectivity index (χ0n) is 15.1. The number of fused-ring (bicyclic) bond motifs is 1. The highest BCUT2D eigenvalue weighted by Gasteiger charge is 2.30. The Balaban J connectivity index is 1.44. The fourth-order valence-electron chi connectivity index (χ4n) is 3.30. The second kappa shape index (κ2) is 8.95. The summed E-state index contributed by atoms with van der Waals surface area (Å²) in [4.78, 5) is 18.5. The number of carbonyl (C=O) groups excluding carboxylic acids is 1. The summed E-state index contributed by atoms with van der Waals surface area (Å²) < 4.78 is 38.5. The molecule has 0 unspecified atom stereocenters. The van der Waals surface area contributed by atoms with E-state index >= 15 is 0 Å². The molecule has 1 saturated heterocycles. The van der Waals surface area contributed by atoms with Crippen molar-refractivity contribution in [2.24, 2.45) is 0 Å². The maximum absolute atomic E-state index is 12.8. The van der Waals surface area contributed by atoms with Crippen LogP contribution in [0, 0.1) is 0 Å². The summed E-state index contributed by atoms with van der Waals surface area (Å²) >= 11 is 1.66. The molecule has 0 atom stereocenters. The van der Waals surface area contributed by atoms with Gasteiger partial charge in [0.25, 0.3) is 0 Å². The van der Waals surface area contributed by atoms with Crippen molar-refractivity contribution in [3.05, 3.63) is 36.0 Å². The molecule has 0 aliphatic carbocycles. The van der Waals surface area contributed by atoms with Crippen molar-refractivity contribution in [1.82, 2.24) is 9.88 Å². The number of unbranched alkanes of at least 4 members (excludes halogenated alkanes) is 3.